The summed E-state index contributed by atoms with van der Waals surface area (Å²) in [5.74, 6) is -0.711. The molecule has 4 rings (SSSR count). The van der Waals surface area contributed by atoms with Crippen LogP contribution in [0.15, 0.2) is 46.9 Å². The van der Waals surface area contributed by atoms with Gasteiger partial charge in [0.1, 0.15) is 16.5 Å². The van der Waals surface area contributed by atoms with Crippen molar-refractivity contribution >= 4 is 45.3 Å². The molecule has 0 bridgehead atoms. The van der Waals surface area contributed by atoms with Gasteiger partial charge < -0.3 is 24.3 Å². The number of rotatable bonds is 7. The number of ether oxygens (including phenoxy) is 4. The summed E-state index contributed by atoms with van der Waals surface area (Å²) in [5.41, 5.74) is 0.322. The van der Waals surface area contributed by atoms with Crippen molar-refractivity contribution < 1.29 is 37.0 Å². The maximum atomic E-state index is 12.9. The minimum atomic E-state index is -3.90. The number of morpholine rings is 1. The van der Waals surface area contributed by atoms with Crippen molar-refractivity contribution in [3.05, 3.63) is 52.6 Å². The SMILES string of the molecule is N#C/C(=C/c1ccc2c(c1)OCO2)C(=O)OCC(=O)Nc1ccc(Cl)c(S(=O)(=O)N2CCOCC2)c1. The number of hydrogen-bond donors (Lipinski definition) is 1. The second-order valence-electron chi connectivity index (χ2n) is 7.57. The number of anilines is 1. The third-order valence-corrected chi connectivity index (χ3v) is 7.57. The molecule has 2 aliphatic rings. The highest BCUT2D eigenvalue weighted by Gasteiger charge is 2.28. The molecule has 36 heavy (non-hydrogen) atoms. The first-order valence-corrected chi connectivity index (χ1v) is 12.5. The topological polar surface area (TPSA) is 144 Å². The van der Waals surface area contributed by atoms with E-state index in [1.165, 1.54) is 28.6 Å². The number of benzene rings is 2. The van der Waals surface area contributed by atoms with Gasteiger partial charge in [0.2, 0.25) is 16.8 Å². The first-order chi connectivity index (χ1) is 17.3. The molecular formula is C23H20ClN3O8S. The monoisotopic (exact) mass is 533 g/mol. The van der Waals surface area contributed by atoms with E-state index in [9.17, 15) is 23.3 Å². The van der Waals surface area contributed by atoms with Crippen LogP contribution in [0.4, 0.5) is 5.69 Å². The van der Waals surface area contributed by atoms with E-state index in [0.717, 1.165) is 0 Å². The summed E-state index contributed by atoms with van der Waals surface area (Å²) in [6, 6.07) is 10.6. The van der Waals surface area contributed by atoms with E-state index in [0.29, 0.717) is 17.1 Å². The molecule has 2 heterocycles. The molecule has 2 aliphatic heterocycles. The van der Waals surface area contributed by atoms with Crippen LogP contribution < -0.4 is 14.8 Å². The number of fused-ring (bicyclic) bond motifs is 1. The van der Waals surface area contributed by atoms with Crippen molar-refractivity contribution in [1.29, 1.82) is 5.26 Å². The van der Waals surface area contributed by atoms with Gasteiger partial charge in [-0.2, -0.15) is 9.57 Å². The Bertz CT molecular complexity index is 1360. The van der Waals surface area contributed by atoms with Crippen LogP contribution in [0.5, 0.6) is 11.5 Å². The fourth-order valence-electron chi connectivity index (χ4n) is 3.42. The highest BCUT2D eigenvalue weighted by atomic mass is 35.5. The highest BCUT2D eigenvalue weighted by molar-refractivity contribution is 7.89. The number of carbonyl (C=O) groups is 2. The standard InChI is InChI=1S/C23H20ClN3O8S/c24-18-3-2-17(11-21(18)36(30,31)27-5-7-32-8-6-27)26-22(28)13-33-23(29)16(12-25)9-15-1-4-19-20(10-15)35-14-34-19/h1-4,9-11H,5-8,13-14H2,(H,26,28)/b16-9-. The summed E-state index contributed by atoms with van der Waals surface area (Å²) in [6.07, 6.45) is 1.30. The van der Waals surface area contributed by atoms with Gasteiger partial charge in [-0.25, -0.2) is 13.2 Å². The Morgan fingerprint density at radius 3 is 2.64 bits per heavy atom. The van der Waals surface area contributed by atoms with E-state index >= 15 is 0 Å². The molecule has 1 saturated heterocycles. The van der Waals surface area contributed by atoms with E-state index in [2.05, 4.69) is 5.32 Å². The summed E-state index contributed by atoms with van der Waals surface area (Å²) in [6.45, 7) is 0.295. The van der Waals surface area contributed by atoms with Gasteiger partial charge in [-0.3, -0.25) is 4.79 Å². The predicted octanol–water partition coefficient (Wildman–Crippen LogP) is 2.18. The van der Waals surface area contributed by atoms with Crippen LogP contribution >= 0.6 is 11.6 Å². The zero-order valence-corrected chi connectivity index (χ0v) is 20.3. The van der Waals surface area contributed by atoms with Crippen LogP contribution in [0.3, 0.4) is 0 Å². The van der Waals surface area contributed by atoms with Crippen molar-refractivity contribution in [1.82, 2.24) is 4.31 Å². The molecule has 2 aromatic carbocycles. The van der Waals surface area contributed by atoms with Crippen molar-refractivity contribution in [3.8, 4) is 17.6 Å². The Hall–Kier alpha value is -3.63. The van der Waals surface area contributed by atoms with Gasteiger partial charge in [-0.05, 0) is 42.0 Å². The minimum absolute atomic E-state index is 0.00163. The first kappa shape index (κ1) is 25.5. The zero-order valence-electron chi connectivity index (χ0n) is 18.7. The van der Waals surface area contributed by atoms with E-state index in [1.807, 2.05) is 0 Å². The predicted molar refractivity (Wildman–Crippen MR) is 127 cm³/mol. The van der Waals surface area contributed by atoms with Crippen LogP contribution in [0.25, 0.3) is 6.08 Å². The number of halogens is 1. The quantitative estimate of drug-likeness (QED) is 0.321. The molecule has 0 aromatic heterocycles. The van der Waals surface area contributed by atoms with Gasteiger partial charge in [0.25, 0.3) is 5.91 Å². The second kappa shape index (κ2) is 11.0. The Kier molecular flexibility index (Phi) is 7.76. The molecule has 0 unspecified atom stereocenters. The maximum Gasteiger partial charge on any atom is 0.349 e. The molecule has 1 N–H and O–H groups in total. The Labute approximate surface area is 211 Å². The van der Waals surface area contributed by atoms with Crippen LogP contribution in [0, 0.1) is 11.3 Å². The smallest absolute Gasteiger partial charge is 0.349 e. The number of hydrogen-bond acceptors (Lipinski definition) is 9. The van der Waals surface area contributed by atoms with Crippen LogP contribution in [-0.2, 0) is 29.1 Å². The second-order valence-corrected chi connectivity index (χ2v) is 9.88. The maximum absolute atomic E-state index is 12.9. The molecule has 0 saturated carbocycles. The number of esters is 1. The van der Waals surface area contributed by atoms with Gasteiger partial charge in [-0.15, -0.1) is 0 Å². The normalized spacial score (nSPS) is 15.7. The number of nitrogens with one attached hydrogen (secondary N) is 1. The van der Waals surface area contributed by atoms with Gasteiger partial charge in [0.05, 0.1) is 18.2 Å². The molecule has 2 aromatic rings. The molecular weight excluding hydrogens is 514 g/mol. The summed E-state index contributed by atoms with van der Waals surface area (Å²) >= 11 is 6.12. The van der Waals surface area contributed by atoms with Crippen molar-refractivity contribution in [3.63, 3.8) is 0 Å². The molecule has 0 spiro atoms. The summed E-state index contributed by atoms with van der Waals surface area (Å²) in [5, 5.41) is 11.8. The molecule has 0 radical (unpaired) electrons. The largest absolute Gasteiger partial charge is 0.454 e. The Balaban J connectivity index is 1.39. The van der Waals surface area contributed by atoms with E-state index in [1.54, 1.807) is 24.3 Å². The van der Waals surface area contributed by atoms with Crippen molar-refractivity contribution in [2.24, 2.45) is 0 Å². The summed E-state index contributed by atoms with van der Waals surface area (Å²) < 4.78 is 47.7. The number of sulfonamides is 1. The van der Waals surface area contributed by atoms with Crippen LogP contribution in [0.1, 0.15) is 5.56 Å². The van der Waals surface area contributed by atoms with Crippen LogP contribution in [0.2, 0.25) is 5.02 Å². The first-order valence-electron chi connectivity index (χ1n) is 10.6. The van der Waals surface area contributed by atoms with E-state index in [-0.39, 0.29) is 54.3 Å². The van der Waals surface area contributed by atoms with Crippen molar-refractivity contribution in [2.75, 3.05) is 45.0 Å². The average Bonchev–Trinajstić information content (AvgIpc) is 3.35. The fraction of sp³-hybridized carbons (Fsp3) is 0.261. The molecule has 0 atom stereocenters. The molecule has 0 aliphatic carbocycles. The van der Waals surface area contributed by atoms with Gasteiger partial charge >= 0.3 is 5.97 Å². The number of carbonyl (C=O) groups excluding carboxylic acids is 2. The van der Waals surface area contributed by atoms with E-state index < -0.39 is 28.5 Å². The zero-order chi connectivity index (χ0) is 25.7. The van der Waals surface area contributed by atoms with Gasteiger partial charge in [-0.1, -0.05) is 17.7 Å². The molecule has 13 heteroatoms. The number of nitriles is 1. The minimum Gasteiger partial charge on any atom is -0.454 e. The molecule has 188 valence electrons. The molecule has 1 fully saturated rings. The third kappa shape index (κ3) is 5.77. The lowest BCUT2D eigenvalue weighted by Gasteiger charge is -2.26. The Morgan fingerprint density at radius 1 is 1.14 bits per heavy atom. The van der Waals surface area contributed by atoms with Gasteiger partial charge in [0.15, 0.2) is 18.1 Å². The summed E-state index contributed by atoms with van der Waals surface area (Å²) in [4.78, 5) is 24.5. The fourth-order valence-corrected chi connectivity index (χ4v) is 5.33. The highest BCUT2D eigenvalue weighted by Crippen LogP contribution is 2.33. The lowest BCUT2D eigenvalue weighted by molar-refractivity contribution is -0.142. The Morgan fingerprint density at radius 2 is 1.89 bits per heavy atom. The molecule has 11 nitrogen and oxygen atoms in total. The lowest BCUT2D eigenvalue weighted by atomic mass is 10.1. The average molecular weight is 534 g/mol. The summed E-state index contributed by atoms with van der Waals surface area (Å²) in [7, 11) is -3.90. The van der Waals surface area contributed by atoms with Crippen LogP contribution in [-0.4, -0.2) is 64.3 Å². The van der Waals surface area contributed by atoms with Crippen molar-refractivity contribution in [2.45, 2.75) is 4.90 Å². The van der Waals surface area contributed by atoms with Gasteiger partial charge in [0, 0.05) is 18.8 Å². The molecule has 1 amide bonds. The third-order valence-electron chi connectivity index (χ3n) is 5.19. The lowest BCUT2D eigenvalue weighted by Crippen LogP contribution is -2.40. The number of nitrogens with zero attached hydrogens (tertiary/aromatic N) is 2. The van der Waals surface area contributed by atoms with E-state index in [4.69, 9.17) is 30.5 Å². The number of amides is 1.